The summed E-state index contributed by atoms with van der Waals surface area (Å²) in [6.45, 7) is -0.0603. The zero-order valence-corrected chi connectivity index (χ0v) is 15.9. The average Bonchev–Trinajstić information content (AvgIpc) is 3.24. The summed E-state index contributed by atoms with van der Waals surface area (Å²) in [5, 5.41) is 4.84. The van der Waals surface area contributed by atoms with E-state index in [1.165, 1.54) is 17.3 Å². The molecule has 0 aliphatic carbocycles. The van der Waals surface area contributed by atoms with Gasteiger partial charge in [0.05, 0.1) is 25.3 Å². The Morgan fingerprint density at radius 2 is 2.23 bits per heavy atom. The maximum Gasteiger partial charge on any atom is 0.399 e. The van der Waals surface area contributed by atoms with E-state index in [2.05, 4.69) is 14.3 Å². The Hall–Kier alpha value is -1.27. The molecular formula is C14H15Cl2N3O6S. The molecule has 0 spiro atoms. The van der Waals surface area contributed by atoms with Crippen LogP contribution in [0.15, 0.2) is 30.9 Å². The van der Waals surface area contributed by atoms with Crippen LogP contribution in [0.5, 0.6) is 0 Å². The molecule has 2 aromatic rings. The molecule has 26 heavy (non-hydrogen) atoms. The number of hydrogen-bond donors (Lipinski definition) is 0. The zero-order valence-electron chi connectivity index (χ0n) is 13.5. The lowest BCUT2D eigenvalue weighted by atomic mass is 10.1. The molecule has 1 aromatic heterocycles. The van der Waals surface area contributed by atoms with Gasteiger partial charge in [0.1, 0.15) is 25.3 Å². The van der Waals surface area contributed by atoms with Gasteiger partial charge in [-0.25, -0.2) is 13.8 Å². The smallest absolute Gasteiger partial charge is 0.342 e. The summed E-state index contributed by atoms with van der Waals surface area (Å²) in [6, 6.07) is 4.89. The van der Waals surface area contributed by atoms with Crippen molar-refractivity contribution in [1.82, 2.24) is 14.8 Å². The maximum atomic E-state index is 11.3. The molecule has 12 heteroatoms. The molecule has 0 saturated carbocycles. The standard InChI is InChI=1S/C14H15Cl2N3O6S/c1-22-26(20,21)24-6-11-5-23-14(25-11,7-19-9-17-8-18-19)12-3-2-10(15)4-13(12)16/h2-4,8-9,11H,5-7H2,1H3/t11?,14-/m0/s1. The molecule has 0 bridgehead atoms. The predicted molar refractivity (Wildman–Crippen MR) is 90.9 cm³/mol. The van der Waals surface area contributed by atoms with E-state index in [1.54, 1.807) is 18.2 Å². The van der Waals surface area contributed by atoms with Crippen molar-refractivity contribution in [2.75, 3.05) is 20.3 Å². The summed E-state index contributed by atoms with van der Waals surface area (Å²) < 4.78 is 45.0. The number of nitrogens with zero attached hydrogens (tertiary/aromatic N) is 3. The molecule has 1 saturated heterocycles. The lowest BCUT2D eigenvalue weighted by Crippen LogP contribution is -2.35. The minimum atomic E-state index is -4.08. The third-order valence-corrected chi connectivity index (χ3v) is 5.02. The van der Waals surface area contributed by atoms with Crippen LogP contribution in [0, 0.1) is 0 Å². The molecule has 0 radical (unpaired) electrons. The van der Waals surface area contributed by atoms with Crippen molar-refractivity contribution >= 4 is 33.6 Å². The first-order valence-corrected chi connectivity index (χ1v) is 9.47. The van der Waals surface area contributed by atoms with E-state index < -0.39 is 22.3 Å². The van der Waals surface area contributed by atoms with E-state index in [0.29, 0.717) is 15.6 Å². The highest BCUT2D eigenvalue weighted by atomic mass is 35.5. The second-order valence-corrected chi connectivity index (χ2v) is 7.61. The molecule has 2 heterocycles. The van der Waals surface area contributed by atoms with Crippen LogP contribution >= 0.6 is 23.2 Å². The van der Waals surface area contributed by atoms with Crippen LogP contribution in [0.2, 0.25) is 10.0 Å². The second-order valence-electron chi connectivity index (χ2n) is 5.38. The third-order valence-electron chi connectivity index (χ3n) is 3.64. The third kappa shape index (κ3) is 4.34. The van der Waals surface area contributed by atoms with Gasteiger partial charge >= 0.3 is 10.4 Å². The van der Waals surface area contributed by atoms with Gasteiger partial charge in [-0.1, -0.05) is 29.3 Å². The number of benzene rings is 1. The van der Waals surface area contributed by atoms with Crippen molar-refractivity contribution in [3.8, 4) is 0 Å². The van der Waals surface area contributed by atoms with E-state index in [4.69, 9.17) is 36.9 Å². The van der Waals surface area contributed by atoms with Crippen LogP contribution in [-0.2, 0) is 40.6 Å². The normalized spacial score (nSPS) is 23.4. The monoisotopic (exact) mass is 423 g/mol. The molecular weight excluding hydrogens is 409 g/mol. The van der Waals surface area contributed by atoms with Gasteiger partial charge in [-0.3, -0.25) is 4.18 Å². The molecule has 1 aromatic carbocycles. The quantitative estimate of drug-likeness (QED) is 0.663. The number of hydrogen-bond acceptors (Lipinski definition) is 8. The first-order chi connectivity index (χ1) is 12.3. The first-order valence-electron chi connectivity index (χ1n) is 7.38. The van der Waals surface area contributed by atoms with Gasteiger partial charge < -0.3 is 9.47 Å². The van der Waals surface area contributed by atoms with Crippen molar-refractivity contribution in [1.29, 1.82) is 0 Å². The van der Waals surface area contributed by atoms with Gasteiger partial charge in [0.25, 0.3) is 0 Å². The summed E-state index contributed by atoms with van der Waals surface area (Å²) in [4.78, 5) is 3.89. The number of ether oxygens (including phenoxy) is 2. The largest absolute Gasteiger partial charge is 0.399 e. The Labute approximate surface area is 160 Å². The van der Waals surface area contributed by atoms with Gasteiger partial charge in [0, 0.05) is 10.6 Å². The topological polar surface area (TPSA) is 102 Å². The fraction of sp³-hybridized carbons (Fsp3) is 0.429. The molecule has 2 atom stereocenters. The molecule has 1 fully saturated rings. The van der Waals surface area contributed by atoms with Crippen molar-refractivity contribution in [2.24, 2.45) is 0 Å². The fourth-order valence-electron chi connectivity index (χ4n) is 2.49. The van der Waals surface area contributed by atoms with E-state index in [1.807, 2.05) is 0 Å². The molecule has 142 valence electrons. The van der Waals surface area contributed by atoms with Crippen molar-refractivity contribution in [3.05, 3.63) is 46.5 Å². The summed E-state index contributed by atoms with van der Waals surface area (Å²) in [5.74, 6) is -1.31. The average molecular weight is 424 g/mol. The first kappa shape index (κ1) is 19.5. The second kappa shape index (κ2) is 7.77. The summed E-state index contributed by atoms with van der Waals surface area (Å²) >= 11 is 12.3. The lowest BCUT2D eigenvalue weighted by molar-refractivity contribution is -0.190. The lowest BCUT2D eigenvalue weighted by Gasteiger charge is -2.29. The predicted octanol–water partition coefficient (Wildman–Crippen LogP) is 1.76. The highest BCUT2D eigenvalue weighted by molar-refractivity contribution is 7.81. The Kier molecular flexibility index (Phi) is 5.82. The van der Waals surface area contributed by atoms with E-state index in [9.17, 15) is 8.42 Å². The molecule has 3 rings (SSSR count). The molecule has 0 N–H and O–H groups in total. The molecule has 1 aliphatic rings. The van der Waals surface area contributed by atoms with E-state index >= 15 is 0 Å². The van der Waals surface area contributed by atoms with Gasteiger partial charge in [-0.05, 0) is 12.1 Å². The summed E-state index contributed by atoms with van der Waals surface area (Å²) in [6.07, 6.45) is 2.20. The van der Waals surface area contributed by atoms with E-state index in [-0.39, 0.29) is 19.8 Å². The molecule has 1 unspecified atom stereocenters. The highest BCUT2D eigenvalue weighted by Crippen LogP contribution is 2.40. The number of rotatable bonds is 7. The van der Waals surface area contributed by atoms with Crippen LogP contribution < -0.4 is 0 Å². The highest BCUT2D eigenvalue weighted by Gasteiger charge is 2.45. The van der Waals surface area contributed by atoms with Crippen LogP contribution in [0.4, 0.5) is 0 Å². The minimum Gasteiger partial charge on any atom is -0.342 e. The molecule has 1 aliphatic heterocycles. The van der Waals surface area contributed by atoms with Crippen LogP contribution in [0.1, 0.15) is 5.56 Å². The van der Waals surface area contributed by atoms with Crippen LogP contribution in [0.25, 0.3) is 0 Å². The van der Waals surface area contributed by atoms with Crippen LogP contribution in [-0.4, -0.2) is 49.6 Å². The van der Waals surface area contributed by atoms with Gasteiger partial charge in [-0.15, -0.1) is 0 Å². The Bertz CT molecular complexity index is 864. The summed E-state index contributed by atoms with van der Waals surface area (Å²) in [5.41, 5.74) is 0.524. The SMILES string of the molecule is COS(=O)(=O)OCC1CO[C@](Cn2cncn2)(c2ccc(Cl)cc2Cl)O1. The van der Waals surface area contributed by atoms with Gasteiger partial charge in [-0.2, -0.15) is 13.5 Å². The fourth-order valence-corrected chi connectivity index (χ4v) is 3.46. The van der Waals surface area contributed by atoms with Crippen LogP contribution in [0.3, 0.4) is 0 Å². The van der Waals surface area contributed by atoms with Crippen molar-refractivity contribution in [2.45, 2.75) is 18.4 Å². The number of aromatic nitrogens is 3. The van der Waals surface area contributed by atoms with Crippen molar-refractivity contribution in [3.63, 3.8) is 0 Å². The van der Waals surface area contributed by atoms with Gasteiger partial charge in [0.2, 0.25) is 5.79 Å². The zero-order chi connectivity index (χ0) is 18.8. The molecule has 9 nitrogen and oxygen atoms in total. The Balaban J connectivity index is 1.85. The minimum absolute atomic E-state index is 0.0763. The van der Waals surface area contributed by atoms with Crippen molar-refractivity contribution < 1.29 is 26.3 Å². The van der Waals surface area contributed by atoms with Gasteiger partial charge in [0.15, 0.2) is 0 Å². The summed E-state index contributed by atoms with van der Waals surface area (Å²) in [7, 11) is -3.08. The molecule has 0 amide bonds. The van der Waals surface area contributed by atoms with E-state index in [0.717, 1.165) is 7.11 Å². The number of halogens is 2. The maximum absolute atomic E-state index is 11.3. The Morgan fingerprint density at radius 3 is 2.88 bits per heavy atom. The Morgan fingerprint density at radius 1 is 1.42 bits per heavy atom.